The van der Waals surface area contributed by atoms with E-state index >= 15 is 0 Å². The summed E-state index contributed by atoms with van der Waals surface area (Å²) in [4.78, 5) is 26.7. The van der Waals surface area contributed by atoms with Gasteiger partial charge in [0, 0.05) is 0 Å². The number of nitrogens with zero attached hydrogens (tertiary/aromatic N) is 2. The summed E-state index contributed by atoms with van der Waals surface area (Å²) in [5, 5.41) is 26.5. The molecule has 0 spiro atoms. The number of nitrogens with one attached hydrogen (secondary N) is 2. The molecule has 0 aromatic carbocycles. The fraction of sp³-hybridized carbons (Fsp3) is 0.692. The zero-order chi connectivity index (χ0) is 17.0. The van der Waals surface area contributed by atoms with Gasteiger partial charge in [0.1, 0.15) is 0 Å². The third kappa shape index (κ3) is 4.17. The zero-order valence-corrected chi connectivity index (χ0v) is 12.8. The number of carboxylic acids is 1. The lowest BCUT2D eigenvalue weighted by Gasteiger charge is -2.17. The van der Waals surface area contributed by atoms with Crippen molar-refractivity contribution in [3.05, 3.63) is 11.7 Å². The van der Waals surface area contributed by atoms with Crippen LogP contribution in [0.25, 0.3) is 0 Å². The Labute approximate surface area is 132 Å². The summed E-state index contributed by atoms with van der Waals surface area (Å²) >= 11 is 0. The molecule has 2 unspecified atom stereocenters. The van der Waals surface area contributed by atoms with Crippen LogP contribution in [-0.4, -0.2) is 44.5 Å². The maximum absolute atomic E-state index is 11.7. The molecule has 2 atom stereocenters. The molecular weight excluding hydrogens is 306 g/mol. The van der Waals surface area contributed by atoms with E-state index in [0.29, 0.717) is 5.82 Å². The molecule has 10 heteroatoms. The third-order valence-corrected chi connectivity index (χ3v) is 3.84. The molecule has 1 aliphatic rings. The summed E-state index contributed by atoms with van der Waals surface area (Å²) in [6.45, 7) is 1.20. The first-order valence-electron chi connectivity index (χ1n) is 7.39. The van der Waals surface area contributed by atoms with E-state index < -0.39 is 29.7 Å². The number of urea groups is 1. The van der Waals surface area contributed by atoms with Crippen molar-refractivity contribution in [1.29, 1.82) is 0 Å². The summed E-state index contributed by atoms with van der Waals surface area (Å²) in [6.07, 6.45) is 2.37. The Balaban J connectivity index is 1.87. The van der Waals surface area contributed by atoms with Gasteiger partial charge < -0.3 is 31.1 Å². The molecule has 1 aromatic rings. The molecule has 128 valence electrons. The molecule has 2 amide bonds. The number of carbonyl (C=O) groups is 2. The van der Waals surface area contributed by atoms with Gasteiger partial charge in [0.25, 0.3) is 0 Å². The molecule has 1 saturated carbocycles. The van der Waals surface area contributed by atoms with Gasteiger partial charge in [0.2, 0.25) is 5.89 Å². The van der Waals surface area contributed by atoms with Gasteiger partial charge in [-0.25, -0.2) is 9.59 Å². The van der Waals surface area contributed by atoms with Crippen LogP contribution in [0.4, 0.5) is 4.79 Å². The Kier molecular flexibility index (Phi) is 5.16. The van der Waals surface area contributed by atoms with Gasteiger partial charge in [-0.2, -0.15) is 4.98 Å². The molecule has 2 rings (SSSR count). The van der Waals surface area contributed by atoms with Crippen LogP contribution < -0.4 is 16.4 Å². The fourth-order valence-corrected chi connectivity index (χ4v) is 2.50. The first-order chi connectivity index (χ1) is 10.8. The zero-order valence-electron chi connectivity index (χ0n) is 12.8. The predicted octanol–water partition coefficient (Wildman–Crippen LogP) is -0.569. The topological polar surface area (TPSA) is 164 Å². The number of aliphatic carboxylic acids is 1. The lowest BCUT2D eigenvalue weighted by atomic mass is 9.99. The fourth-order valence-electron chi connectivity index (χ4n) is 2.50. The normalized spacial score (nSPS) is 19.1. The summed E-state index contributed by atoms with van der Waals surface area (Å²) in [6, 6.07) is -2.17. The molecular formula is C13H21N5O5. The Hall–Kier alpha value is -2.20. The van der Waals surface area contributed by atoms with Gasteiger partial charge in [-0.1, -0.05) is 18.0 Å². The molecule has 0 aliphatic heterocycles. The number of nitrogens with two attached hydrogens (primary N) is 1. The van der Waals surface area contributed by atoms with Crippen molar-refractivity contribution in [3.63, 3.8) is 0 Å². The van der Waals surface area contributed by atoms with E-state index in [9.17, 15) is 14.7 Å². The lowest BCUT2D eigenvalue weighted by molar-refractivity contribution is -0.141. The minimum absolute atomic E-state index is 0.0684. The van der Waals surface area contributed by atoms with Crippen LogP contribution in [0, 0.1) is 0 Å². The number of hydrogen-bond donors (Lipinski definition) is 5. The summed E-state index contributed by atoms with van der Waals surface area (Å²) in [7, 11) is 0. The number of rotatable bonds is 6. The highest BCUT2D eigenvalue weighted by Gasteiger charge is 2.36. The van der Waals surface area contributed by atoms with Gasteiger partial charge in [0.05, 0.1) is 18.2 Å². The first-order valence-corrected chi connectivity index (χ1v) is 7.39. The second-order valence-electron chi connectivity index (χ2n) is 5.76. The summed E-state index contributed by atoms with van der Waals surface area (Å²) < 4.78 is 5.04. The van der Waals surface area contributed by atoms with Gasteiger partial charge in [-0.05, 0) is 19.8 Å². The largest absolute Gasteiger partial charge is 0.480 e. The van der Waals surface area contributed by atoms with Crippen molar-refractivity contribution < 1.29 is 24.3 Å². The molecule has 0 saturated heterocycles. The summed E-state index contributed by atoms with van der Waals surface area (Å²) in [5.41, 5.74) is 5.63. The predicted molar refractivity (Wildman–Crippen MR) is 77.1 cm³/mol. The van der Waals surface area contributed by atoms with Gasteiger partial charge >= 0.3 is 12.0 Å². The van der Waals surface area contributed by atoms with Crippen LogP contribution in [0.3, 0.4) is 0 Å². The Morgan fingerprint density at radius 3 is 2.65 bits per heavy atom. The number of carboxylic acid groups (broad SMARTS) is 1. The van der Waals surface area contributed by atoms with E-state index in [0.717, 1.165) is 25.7 Å². The number of hydrogen-bond acceptors (Lipinski definition) is 7. The lowest BCUT2D eigenvalue weighted by Crippen LogP contribution is -2.51. The van der Waals surface area contributed by atoms with E-state index in [-0.39, 0.29) is 12.4 Å². The van der Waals surface area contributed by atoms with Gasteiger partial charge in [-0.15, -0.1) is 0 Å². The minimum atomic E-state index is -1.40. The van der Waals surface area contributed by atoms with Crippen molar-refractivity contribution in [2.45, 2.75) is 56.8 Å². The minimum Gasteiger partial charge on any atom is -0.480 e. The van der Waals surface area contributed by atoms with E-state index in [1.54, 1.807) is 0 Å². The van der Waals surface area contributed by atoms with Crippen LogP contribution >= 0.6 is 0 Å². The van der Waals surface area contributed by atoms with Crippen molar-refractivity contribution in [2.24, 2.45) is 5.73 Å². The Morgan fingerprint density at radius 1 is 1.43 bits per heavy atom. The molecule has 6 N–H and O–H groups in total. The maximum Gasteiger partial charge on any atom is 0.328 e. The van der Waals surface area contributed by atoms with Crippen LogP contribution in [0.5, 0.6) is 0 Å². The maximum atomic E-state index is 11.7. The van der Waals surface area contributed by atoms with E-state index in [2.05, 4.69) is 20.8 Å². The number of aliphatic hydroxyl groups excluding tert-OH is 1. The Bertz CT molecular complexity index is 567. The highest BCUT2D eigenvalue weighted by atomic mass is 16.5. The average molecular weight is 327 g/mol. The molecule has 1 fully saturated rings. The quantitative estimate of drug-likeness (QED) is 0.463. The SMILES string of the molecule is CC(O)C(NC(=O)NCc1nc(C2(N)CCCC2)no1)C(=O)O. The molecule has 1 heterocycles. The highest BCUT2D eigenvalue weighted by Crippen LogP contribution is 2.34. The number of aromatic nitrogens is 2. The van der Waals surface area contributed by atoms with E-state index in [1.165, 1.54) is 6.92 Å². The van der Waals surface area contributed by atoms with E-state index in [4.69, 9.17) is 15.4 Å². The molecule has 0 bridgehead atoms. The van der Waals surface area contributed by atoms with Gasteiger partial charge in [-0.3, -0.25) is 0 Å². The van der Waals surface area contributed by atoms with Crippen molar-refractivity contribution in [1.82, 2.24) is 20.8 Å². The van der Waals surface area contributed by atoms with Crippen molar-refractivity contribution in [3.8, 4) is 0 Å². The molecule has 0 radical (unpaired) electrons. The van der Waals surface area contributed by atoms with Crippen LogP contribution in [0.15, 0.2) is 4.52 Å². The second kappa shape index (κ2) is 6.92. The average Bonchev–Trinajstić information content (AvgIpc) is 3.11. The Morgan fingerprint density at radius 2 is 2.09 bits per heavy atom. The van der Waals surface area contributed by atoms with Crippen LogP contribution in [-0.2, 0) is 16.9 Å². The van der Waals surface area contributed by atoms with Crippen molar-refractivity contribution in [2.75, 3.05) is 0 Å². The third-order valence-electron chi connectivity index (χ3n) is 3.84. The second-order valence-corrected chi connectivity index (χ2v) is 5.76. The first kappa shape index (κ1) is 17.2. The van der Waals surface area contributed by atoms with Crippen molar-refractivity contribution >= 4 is 12.0 Å². The summed E-state index contributed by atoms with van der Waals surface area (Å²) in [5.74, 6) is -0.739. The van der Waals surface area contributed by atoms with Gasteiger partial charge in [0.15, 0.2) is 11.9 Å². The molecule has 23 heavy (non-hydrogen) atoms. The highest BCUT2D eigenvalue weighted by molar-refractivity contribution is 5.82. The van der Waals surface area contributed by atoms with Crippen LogP contribution in [0.1, 0.15) is 44.3 Å². The molecule has 1 aromatic heterocycles. The number of aliphatic hydroxyl groups is 1. The van der Waals surface area contributed by atoms with Crippen LogP contribution in [0.2, 0.25) is 0 Å². The molecule has 10 nitrogen and oxygen atoms in total. The van der Waals surface area contributed by atoms with E-state index in [1.807, 2.05) is 0 Å². The smallest absolute Gasteiger partial charge is 0.328 e. The number of carbonyl (C=O) groups excluding carboxylic acids is 1. The monoisotopic (exact) mass is 327 g/mol. The standard InChI is InChI=1S/C13H21N5O5/c1-7(19)9(10(20)21)17-12(22)15-6-8-16-11(18-23-8)13(14)4-2-3-5-13/h7,9,19H,2-6,14H2,1H3,(H,20,21)(H2,15,17,22). The number of amides is 2. The molecule has 1 aliphatic carbocycles.